The van der Waals surface area contributed by atoms with Crippen LogP contribution >= 0.6 is 24.0 Å². The van der Waals surface area contributed by atoms with Crippen LogP contribution in [0.3, 0.4) is 0 Å². The van der Waals surface area contributed by atoms with Crippen LogP contribution in [0.5, 0.6) is 0 Å². The molecule has 126 valence electrons. The minimum Gasteiger partial charge on any atom is -0.372 e. The van der Waals surface area contributed by atoms with E-state index in [4.69, 9.17) is 5.73 Å². The van der Waals surface area contributed by atoms with Crippen LogP contribution in [0.2, 0.25) is 0 Å². The van der Waals surface area contributed by atoms with Gasteiger partial charge in [0.2, 0.25) is 0 Å². The first-order valence-corrected chi connectivity index (χ1v) is 6.71. The number of nitrogens with one attached hydrogen (secondary N) is 1. The molecule has 0 fully saturated rings. The number of benzene rings is 1. The average molecular weight is 431 g/mol. The van der Waals surface area contributed by atoms with Gasteiger partial charge in [0.05, 0.1) is 0 Å². The maximum atomic E-state index is 11.8. The molecule has 0 spiro atoms. The second-order valence-electron chi connectivity index (χ2n) is 4.47. The molecule has 4 nitrogen and oxygen atoms in total. The van der Waals surface area contributed by atoms with Gasteiger partial charge in [-0.05, 0) is 30.5 Å². The van der Waals surface area contributed by atoms with E-state index >= 15 is 0 Å². The van der Waals surface area contributed by atoms with Crippen molar-refractivity contribution >= 4 is 35.6 Å². The molecule has 0 saturated heterocycles. The monoisotopic (exact) mass is 431 g/mol. The Balaban J connectivity index is 0.00000441. The standard InChI is InChI=1S/C14H20F3N3O.HI/c1-2-11-5-3-6-12(9-11)20-13(18)19-7-4-8-21-10-14(15,16)17;/h3,5-6,9H,2,4,7-8,10H2,1H3,(H3,18,19,20);1H. The minimum atomic E-state index is -4.28. The molecule has 0 heterocycles. The number of hydrogen-bond donors (Lipinski definition) is 2. The number of alkyl halides is 3. The van der Waals surface area contributed by atoms with Gasteiger partial charge in [0.25, 0.3) is 0 Å². The molecule has 0 atom stereocenters. The molecule has 0 radical (unpaired) electrons. The molecule has 0 aliphatic carbocycles. The number of nitrogens with zero attached hydrogens (tertiary/aromatic N) is 1. The molecule has 0 amide bonds. The fourth-order valence-electron chi connectivity index (χ4n) is 1.61. The Kier molecular flexibility index (Phi) is 10.2. The number of halogens is 4. The maximum Gasteiger partial charge on any atom is 0.411 e. The van der Waals surface area contributed by atoms with E-state index in [0.29, 0.717) is 13.0 Å². The maximum absolute atomic E-state index is 11.8. The van der Waals surface area contributed by atoms with Crippen LogP contribution < -0.4 is 11.1 Å². The first-order chi connectivity index (χ1) is 9.90. The minimum absolute atomic E-state index is 0. The lowest BCUT2D eigenvalue weighted by Crippen LogP contribution is -2.23. The zero-order valence-corrected chi connectivity index (χ0v) is 14.7. The largest absolute Gasteiger partial charge is 0.411 e. The molecule has 0 aromatic heterocycles. The number of aryl methyl sites for hydroxylation is 1. The molecular weight excluding hydrogens is 410 g/mol. The third-order valence-electron chi connectivity index (χ3n) is 2.60. The third-order valence-corrected chi connectivity index (χ3v) is 2.60. The fourth-order valence-corrected chi connectivity index (χ4v) is 1.61. The number of anilines is 1. The summed E-state index contributed by atoms with van der Waals surface area (Å²) in [6, 6.07) is 7.76. The average Bonchev–Trinajstić information content (AvgIpc) is 2.41. The molecular formula is C14H21F3IN3O. The quantitative estimate of drug-likeness (QED) is 0.301. The molecule has 0 aliphatic rings. The van der Waals surface area contributed by atoms with Crippen LogP contribution in [0, 0.1) is 0 Å². The van der Waals surface area contributed by atoms with Crippen LogP contribution in [0.15, 0.2) is 29.3 Å². The van der Waals surface area contributed by atoms with Gasteiger partial charge in [0.1, 0.15) is 6.61 Å². The van der Waals surface area contributed by atoms with E-state index in [1.807, 2.05) is 24.3 Å². The van der Waals surface area contributed by atoms with E-state index in [9.17, 15) is 13.2 Å². The van der Waals surface area contributed by atoms with Crippen molar-refractivity contribution in [1.82, 2.24) is 0 Å². The molecule has 1 rings (SSSR count). The highest BCUT2D eigenvalue weighted by molar-refractivity contribution is 14.0. The van der Waals surface area contributed by atoms with Crippen molar-refractivity contribution in [3.05, 3.63) is 29.8 Å². The summed E-state index contributed by atoms with van der Waals surface area (Å²) in [5.41, 5.74) is 7.71. The molecule has 0 bridgehead atoms. The second kappa shape index (κ2) is 10.7. The topological polar surface area (TPSA) is 59.6 Å². The van der Waals surface area contributed by atoms with Crippen molar-refractivity contribution in [2.75, 3.05) is 25.1 Å². The Morgan fingerprint density at radius 1 is 1.36 bits per heavy atom. The van der Waals surface area contributed by atoms with E-state index in [1.54, 1.807) is 0 Å². The zero-order valence-electron chi connectivity index (χ0n) is 12.3. The van der Waals surface area contributed by atoms with Crippen molar-refractivity contribution < 1.29 is 17.9 Å². The summed E-state index contributed by atoms with van der Waals surface area (Å²) < 4.78 is 39.9. The fraction of sp³-hybridized carbons (Fsp3) is 0.500. The number of nitrogens with two attached hydrogens (primary N) is 1. The molecule has 22 heavy (non-hydrogen) atoms. The van der Waals surface area contributed by atoms with Crippen LogP contribution in [-0.4, -0.2) is 31.9 Å². The summed E-state index contributed by atoms with van der Waals surface area (Å²) in [6.07, 6.45) is -2.98. The molecule has 1 aromatic rings. The van der Waals surface area contributed by atoms with Crippen molar-refractivity contribution in [2.24, 2.45) is 10.7 Å². The summed E-state index contributed by atoms with van der Waals surface area (Å²) >= 11 is 0. The number of guanidine groups is 1. The Morgan fingerprint density at radius 3 is 2.73 bits per heavy atom. The Morgan fingerprint density at radius 2 is 2.09 bits per heavy atom. The van der Waals surface area contributed by atoms with Gasteiger partial charge >= 0.3 is 6.18 Å². The molecule has 0 aliphatic heterocycles. The highest BCUT2D eigenvalue weighted by atomic mass is 127. The van der Waals surface area contributed by atoms with Crippen LogP contribution in [0.1, 0.15) is 18.9 Å². The summed E-state index contributed by atoms with van der Waals surface area (Å²) in [5.74, 6) is 0.235. The van der Waals surface area contributed by atoms with Gasteiger partial charge in [-0.3, -0.25) is 4.99 Å². The first kappa shape index (κ1) is 21.0. The Labute approximate surface area is 145 Å². The van der Waals surface area contributed by atoms with E-state index in [-0.39, 0.29) is 36.5 Å². The molecule has 0 saturated carbocycles. The Bertz CT molecular complexity index is 467. The highest BCUT2D eigenvalue weighted by Gasteiger charge is 2.27. The van der Waals surface area contributed by atoms with Gasteiger partial charge in [-0.1, -0.05) is 19.1 Å². The molecule has 3 N–H and O–H groups in total. The van der Waals surface area contributed by atoms with Gasteiger partial charge in [-0.2, -0.15) is 13.2 Å². The van der Waals surface area contributed by atoms with E-state index in [0.717, 1.165) is 12.1 Å². The van der Waals surface area contributed by atoms with Crippen LogP contribution in [0.25, 0.3) is 0 Å². The predicted octanol–water partition coefficient (Wildman–Crippen LogP) is 3.56. The van der Waals surface area contributed by atoms with Gasteiger partial charge in [0.15, 0.2) is 5.96 Å². The van der Waals surface area contributed by atoms with Crippen molar-refractivity contribution in [3.63, 3.8) is 0 Å². The van der Waals surface area contributed by atoms with Gasteiger partial charge in [-0.25, -0.2) is 0 Å². The van der Waals surface area contributed by atoms with Gasteiger partial charge in [-0.15, -0.1) is 24.0 Å². The van der Waals surface area contributed by atoms with E-state index in [1.165, 1.54) is 5.56 Å². The van der Waals surface area contributed by atoms with Gasteiger partial charge < -0.3 is 15.8 Å². The lowest BCUT2D eigenvalue weighted by atomic mass is 10.1. The normalized spacial score (nSPS) is 11.9. The number of rotatable bonds is 7. The lowest BCUT2D eigenvalue weighted by molar-refractivity contribution is -0.173. The summed E-state index contributed by atoms with van der Waals surface area (Å²) in [6.45, 7) is 1.14. The van der Waals surface area contributed by atoms with Crippen molar-refractivity contribution in [2.45, 2.75) is 25.9 Å². The summed E-state index contributed by atoms with van der Waals surface area (Å²) in [4.78, 5) is 4.03. The number of ether oxygens (including phenoxy) is 1. The molecule has 0 unspecified atom stereocenters. The van der Waals surface area contributed by atoms with Crippen molar-refractivity contribution in [1.29, 1.82) is 0 Å². The number of hydrogen-bond acceptors (Lipinski definition) is 2. The smallest absolute Gasteiger partial charge is 0.372 e. The Hall–Kier alpha value is -1.03. The predicted molar refractivity (Wildman–Crippen MR) is 92.8 cm³/mol. The summed E-state index contributed by atoms with van der Waals surface area (Å²) in [7, 11) is 0. The lowest BCUT2D eigenvalue weighted by Gasteiger charge is -2.08. The van der Waals surface area contributed by atoms with E-state index < -0.39 is 12.8 Å². The third kappa shape index (κ3) is 9.82. The highest BCUT2D eigenvalue weighted by Crippen LogP contribution is 2.14. The first-order valence-electron chi connectivity index (χ1n) is 6.71. The molecule has 1 aromatic carbocycles. The summed E-state index contributed by atoms with van der Waals surface area (Å²) in [5, 5.41) is 2.94. The zero-order chi connectivity index (χ0) is 15.7. The van der Waals surface area contributed by atoms with E-state index in [2.05, 4.69) is 22.0 Å². The van der Waals surface area contributed by atoms with Crippen molar-refractivity contribution in [3.8, 4) is 0 Å². The number of aliphatic imine (C=N–C) groups is 1. The second-order valence-corrected chi connectivity index (χ2v) is 4.47. The SMILES string of the molecule is CCc1cccc(NC(N)=NCCCOCC(F)(F)F)c1.I. The van der Waals surface area contributed by atoms with Gasteiger partial charge in [0, 0.05) is 18.8 Å². The van der Waals surface area contributed by atoms with Crippen LogP contribution in [-0.2, 0) is 11.2 Å². The molecule has 8 heteroatoms. The van der Waals surface area contributed by atoms with Crippen LogP contribution in [0.4, 0.5) is 18.9 Å².